The Morgan fingerprint density at radius 3 is 2.57 bits per heavy atom. The van der Waals surface area contributed by atoms with Crippen molar-refractivity contribution in [3.05, 3.63) is 59.7 Å². The number of carbonyl (C=O) groups excluding carboxylic acids is 2. The van der Waals surface area contributed by atoms with E-state index in [9.17, 15) is 18.4 Å². The van der Waals surface area contributed by atoms with Crippen molar-refractivity contribution in [1.82, 2.24) is 5.32 Å². The summed E-state index contributed by atoms with van der Waals surface area (Å²) in [4.78, 5) is 26.5. The second-order valence-corrected chi connectivity index (χ2v) is 6.74. The Morgan fingerprint density at radius 1 is 1.21 bits per heavy atom. The van der Waals surface area contributed by atoms with Crippen molar-refractivity contribution in [3.63, 3.8) is 0 Å². The first-order chi connectivity index (χ1) is 13.4. The molecule has 1 saturated heterocycles. The van der Waals surface area contributed by atoms with Gasteiger partial charge in [-0.3, -0.25) is 9.59 Å². The van der Waals surface area contributed by atoms with Gasteiger partial charge in [-0.05, 0) is 55.8 Å². The zero-order valence-electron chi connectivity index (χ0n) is 15.7. The Hall–Kier alpha value is -2.96. The number of ether oxygens (including phenoxy) is 1. The number of rotatable bonds is 6. The number of carbonyl (C=O) groups is 2. The second-order valence-electron chi connectivity index (χ2n) is 6.74. The number of benzene rings is 2. The molecule has 28 heavy (non-hydrogen) atoms. The highest BCUT2D eigenvalue weighted by Crippen LogP contribution is 2.27. The fourth-order valence-electron chi connectivity index (χ4n) is 3.22. The summed E-state index contributed by atoms with van der Waals surface area (Å²) in [5, 5.41) is 2.78. The number of hydrogen-bond donors (Lipinski definition) is 1. The SMILES string of the molecule is CCOc1ccc(N2C[C@H](C(=O)N[C@H](C)c3ccc(F)c(F)c3)CC2=O)cc1. The monoisotopic (exact) mass is 388 g/mol. The van der Waals surface area contributed by atoms with Crippen molar-refractivity contribution >= 4 is 17.5 Å². The van der Waals surface area contributed by atoms with Crippen LogP contribution in [0.4, 0.5) is 14.5 Å². The van der Waals surface area contributed by atoms with Crippen LogP contribution in [-0.4, -0.2) is 25.0 Å². The molecule has 3 rings (SSSR count). The Morgan fingerprint density at radius 2 is 1.93 bits per heavy atom. The van der Waals surface area contributed by atoms with Gasteiger partial charge in [0.05, 0.1) is 18.6 Å². The molecule has 0 radical (unpaired) electrons. The topological polar surface area (TPSA) is 58.6 Å². The molecule has 0 bridgehead atoms. The molecule has 0 aromatic heterocycles. The Labute approximate surface area is 162 Å². The Bertz CT molecular complexity index is 870. The van der Waals surface area contributed by atoms with E-state index in [1.165, 1.54) is 6.07 Å². The van der Waals surface area contributed by atoms with Crippen molar-refractivity contribution in [2.45, 2.75) is 26.3 Å². The van der Waals surface area contributed by atoms with E-state index in [4.69, 9.17) is 4.74 Å². The zero-order chi connectivity index (χ0) is 20.3. The van der Waals surface area contributed by atoms with Gasteiger partial charge >= 0.3 is 0 Å². The molecule has 2 atom stereocenters. The smallest absolute Gasteiger partial charge is 0.227 e. The average molecular weight is 388 g/mol. The lowest BCUT2D eigenvalue weighted by molar-refractivity contribution is -0.126. The molecule has 5 nitrogen and oxygen atoms in total. The predicted octanol–water partition coefficient (Wildman–Crippen LogP) is 3.59. The minimum atomic E-state index is -0.962. The van der Waals surface area contributed by atoms with Crippen LogP contribution in [0.1, 0.15) is 31.9 Å². The lowest BCUT2D eigenvalue weighted by atomic mass is 10.0. The molecule has 1 fully saturated rings. The molecule has 2 aromatic rings. The minimum absolute atomic E-state index is 0.101. The van der Waals surface area contributed by atoms with Crippen LogP contribution in [0.25, 0.3) is 0 Å². The van der Waals surface area contributed by atoms with Gasteiger partial charge in [-0.15, -0.1) is 0 Å². The molecular formula is C21H22F2N2O3. The van der Waals surface area contributed by atoms with Crippen LogP contribution < -0.4 is 15.0 Å². The van der Waals surface area contributed by atoms with Crippen LogP contribution in [0.5, 0.6) is 5.75 Å². The van der Waals surface area contributed by atoms with E-state index in [1.54, 1.807) is 36.1 Å². The number of anilines is 1. The number of halogens is 2. The molecule has 1 heterocycles. The van der Waals surface area contributed by atoms with E-state index in [1.807, 2.05) is 6.92 Å². The van der Waals surface area contributed by atoms with E-state index >= 15 is 0 Å². The molecule has 7 heteroatoms. The van der Waals surface area contributed by atoms with Crippen molar-refractivity contribution in [3.8, 4) is 5.75 Å². The summed E-state index contributed by atoms with van der Waals surface area (Å²) in [6, 6.07) is 10.1. The van der Waals surface area contributed by atoms with E-state index in [0.29, 0.717) is 23.6 Å². The first kappa shape index (κ1) is 19.8. The average Bonchev–Trinajstić information content (AvgIpc) is 3.06. The van der Waals surface area contributed by atoms with Gasteiger partial charge in [0.25, 0.3) is 0 Å². The normalized spacial score (nSPS) is 17.5. The molecule has 2 amide bonds. The minimum Gasteiger partial charge on any atom is -0.494 e. The molecule has 1 aliphatic rings. The lowest BCUT2D eigenvalue weighted by Gasteiger charge is -2.19. The maximum absolute atomic E-state index is 13.4. The molecule has 2 aromatic carbocycles. The Kier molecular flexibility index (Phi) is 5.92. The quantitative estimate of drug-likeness (QED) is 0.823. The van der Waals surface area contributed by atoms with Crippen molar-refractivity contribution in [2.75, 3.05) is 18.1 Å². The van der Waals surface area contributed by atoms with Gasteiger partial charge in [0.2, 0.25) is 11.8 Å². The molecule has 0 spiro atoms. The van der Waals surface area contributed by atoms with Crippen molar-refractivity contribution < 1.29 is 23.1 Å². The largest absolute Gasteiger partial charge is 0.494 e. The Balaban J connectivity index is 1.63. The fraction of sp³-hybridized carbons (Fsp3) is 0.333. The fourth-order valence-corrected chi connectivity index (χ4v) is 3.22. The molecule has 0 saturated carbocycles. The van der Waals surface area contributed by atoms with Crippen LogP contribution in [0.2, 0.25) is 0 Å². The van der Waals surface area contributed by atoms with Gasteiger partial charge in [-0.25, -0.2) is 8.78 Å². The first-order valence-electron chi connectivity index (χ1n) is 9.17. The number of hydrogen-bond acceptors (Lipinski definition) is 3. The van der Waals surface area contributed by atoms with Gasteiger partial charge in [-0.2, -0.15) is 0 Å². The van der Waals surface area contributed by atoms with Crippen LogP contribution >= 0.6 is 0 Å². The van der Waals surface area contributed by atoms with Gasteiger partial charge in [0.15, 0.2) is 11.6 Å². The maximum Gasteiger partial charge on any atom is 0.227 e. The molecule has 0 unspecified atom stereocenters. The summed E-state index contributed by atoms with van der Waals surface area (Å²) in [5.74, 6) is -2.12. The molecular weight excluding hydrogens is 366 g/mol. The first-order valence-corrected chi connectivity index (χ1v) is 9.17. The van der Waals surface area contributed by atoms with Crippen molar-refractivity contribution in [1.29, 1.82) is 0 Å². The maximum atomic E-state index is 13.4. The van der Waals surface area contributed by atoms with E-state index in [-0.39, 0.29) is 24.8 Å². The summed E-state index contributed by atoms with van der Waals surface area (Å²) in [5.41, 5.74) is 1.16. The summed E-state index contributed by atoms with van der Waals surface area (Å²) >= 11 is 0. The third-order valence-electron chi connectivity index (χ3n) is 4.76. The van der Waals surface area contributed by atoms with E-state index < -0.39 is 23.6 Å². The van der Waals surface area contributed by atoms with E-state index in [2.05, 4.69) is 5.32 Å². The number of amides is 2. The number of nitrogens with zero attached hydrogens (tertiary/aromatic N) is 1. The summed E-state index contributed by atoms with van der Waals surface area (Å²) in [7, 11) is 0. The summed E-state index contributed by atoms with van der Waals surface area (Å²) in [6.45, 7) is 4.40. The standard InChI is InChI=1S/C21H22F2N2O3/c1-3-28-17-7-5-16(6-8-17)25-12-15(11-20(25)26)21(27)24-13(2)14-4-9-18(22)19(23)10-14/h4-10,13,15H,3,11-12H2,1-2H3,(H,24,27)/t13-,15-/m1/s1. The van der Waals surface area contributed by atoms with Gasteiger partial charge in [-0.1, -0.05) is 6.07 Å². The van der Waals surface area contributed by atoms with E-state index in [0.717, 1.165) is 12.1 Å². The third kappa shape index (κ3) is 4.30. The van der Waals surface area contributed by atoms with Gasteiger partial charge in [0, 0.05) is 18.7 Å². The summed E-state index contributed by atoms with van der Waals surface area (Å²) < 4.78 is 31.9. The summed E-state index contributed by atoms with van der Waals surface area (Å²) in [6.07, 6.45) is 0.101. The zero-order valence-corrected chi connectivity index (χ0v) is 15.7. The molecule has 1 N–H and O–H groups in total. The highest BCUT2D eigenvalue weighted by atomic mass is 19.2. The van der Waals surface area contributed by atoms with Gasteiger partial charge in [0.1, 0.15) is 5.75 Å². The van der Waals surface area contributed by atoms with Crippen LogP contribution in [-0.2, 0) is 9.59 Å². The third-order valence-corrected chi connectivity index (χ3v) is 4.76. The van der Waals surface area contributed by atoms with Crippen LogP contribution in [0.3, 0.4) is 0 Å². The highest BCUT2D eigenvalue weighted by Gasteiger charge is 2.35. The molecule has 0 aliphatic carbocycles. The molecule has 148 valence electrons. The predicted molar refractivity (Wildman–Crippen MR) is 101 cm³/mol. The highest BCUT2D eigenvalue weighted by molar-refractivity contribution is 6.00. The molecule has 1 aliphatic heterocycles. The van der Waals surface area contributed by atoms with Crippen LogP contribution in [0.15, 0.2) is 42.5 Å². The number of nitrogens with one attached hydrogen (secondary N) is 1. The van der Waals surface area contributed by atoms with Crippen LogP contribution in [0, 0.1) is 17.6 Å². The van der Waals surface area contributed by atoms with Crippen molar-refractivity contribution in [2.24, 2.45) is 5.92 Å². The lowest BCUT2D eigenvalue weighted by Crippen LogP contribution is -2.34. The second kappa shape index (κ2) is 8.37. The van der Waals surface area contributed by atoms with Gasteiger partial charge < -0.3 is 15.0 Å².